The van der Waals surface area contributed by atoms with Crippen molar-refractivity contribution in [3.05, 3.63) is 24.2 Å². The Kier molecular flexibility index (Phi) is 4.19. The van der Waals surface area contributed by atoms with Crippen LogP contribution in [0.4, 0.5) is 0 Å². The molecule has 1 N–H and O–H groups in total. The molecule has 0 fully saturated rings. The number of furan rings is 1. The lowest BCUT2D eigenvalue weighted by Gasteiger charge is -2.08. The van der Waals surface area contributed by atoms with Crippen molar-refractivity contribution >= 4 is 5.97 Å². The summed E-state index contributed by atoms with van der Waals surface area (Å²) < 4.78 is 10.1. The van der Waals surface area contributed by atoms with Crippen LogP contribution in [0.5, 0.6) is 0 Å². The second-order valence-corrected chi connectivity index (χ2v) is 3.30. The fraction of sp³-hybridized carbons (Fsp3) is 0.500. The van der Waals surface area contributed by atoms with Crippen LogP contribution in [0.2, 0.25) is 0 Å². The van der Waals surface area contributed by atoms with Crippen LogP contribution in [0.1, 0.15) is 12.7 Å². The largest absolute Gasteiger partial charge is 0.480 e. The van der Waals surface area contributed by atoms with E-state index in [-0.39, 0.29) is 12.5 Å². The average Bonchev–Trinajstić information content (AvgIpc) is 2.56. The van der Waals surface area contributed by atoms with Gasteiger partial charge < -0.3 is 14.3 Å². The number of aliphatic carboxylic acids is 1. The first-order valence-corrected chi connectivity index (χ1v) is 4.50. The van der Waals surface area contributed by atoms with Crippen LogP contribution < -0.4 is 0 Å². The molecule has 0 aromatic carbocycles. The van der Waals surface area contributed by atoms with E-state index in [1.165, 1.54) is 0 Å². The maximum Gasteiger partial charge on any atom is 0.329 e. The Labute approximate surface area is 82.5 Å². The minimum absolute atomic E-state index is 0.234. The van der Waals surface area contributed by atoms with Crippen molar-refractivity contribution in [2.75, 3.05) is 13.2 Å². The molecule has 1 aromatic rings. The molecule has 4 nitrogen and oxygen atoms in total. The van der Waals surface area contributed by atoms with Gasteiger partial charge in [0.1, 0.15) is 12.4 Å². The van der Waals surface area contributed by atoms with Crippen molar-refractivity contribution in [1.29, 1.82) is 0 Å². The Bertz CT molecular complexity index is 266. The SMILES string of the molecule is CC(COCC(=O)O)Cc1ccco1. The highest BCUT2D eigenvalue weighted by Gasteiger charge is 2.06. The van der Waals surface area contributed by atoms with Crippen molar-refractivity contribution < 1.29 is 19.1 Å². The highest BCUT2D eigenvalue weighted by atomic mass is 16.5. The molecular formula is C10H14O4. The second-order valence-electron chi connectivity index (χ2n) is 3.30. The molecule has 1 unspecified atom stereocenters. The van der Waals surface area contributed by atoms with Gasteiger partial charge >= 0.3 is 5.97 Å². The predicted octanol–water partition coefficient (Wildman–Crippen LogP) is 1.56. The number of carbonyl (C=O) groups is 1. The topological polar surface area (TPSA) is 59.7 Å². The highest BCUT2D eigenvalue weighted by Crippen LogP contribution is 2.08. The summed E-state index contributed by atoms with van der Waals surface area (Å²) in [5, 5.41) is 8.34. The standard InChI is InChI=1S/C10H14O4/c1-8(6-13-7-10(11)12)5-9-3-2-4-14-9/h2-4,8H,5-7H2,1H3,(H,11,12). The van der Waals surface area contributed by atoms with Gasteiger partial charge in [0.05, 0.1) is 12.9 Å². The first kappa shape index (κ1) is 10.8. The van der Waals surface area contributed by atoms with E-state index < -0.39 is 5.97 Å². The van der Waals surface area contributed by atoms with Crippen LogP contribution in [0.25, 0.3) is 0 Å². The molecule has 78 valence electrons. The van der Waals surface area contributed by atoms with E-state index in [2.05, 4.69) is 0 Å². The fourth-order valence-corrected chi connectivity index (χ4v) is 1.18. The van der Waals surface area contributed by atoms with E-state index >= 15 is 0 Å². The average molecular weight is 198 g/mol. The molecule has 0 bridgehead atoms. The quantitative estimate of drug-likeness (QED) is 0.753. The van der Waals surface area contributed by atoms with Gasteiger partial charge in [0.15, 0.2) is 0 Å². The zero-order chi connectivity index (χ0) is 10.4. The monoisotopic (exact) mass is 198 g/mol. The molecule has 1 heterocycles. The smallest absolute Gasteiger partial charge is 0.329 e. The number of hydrogen-bond acceptors (Lipinski definition) is 3. The van der Waals surface area contributed by atoms with Gasteiger partial charge in [-0.15, -0.1) is 0 Å². The van der Waals surface area contributed by atoms with Crippen LogP contribution in [-0.2, 0) is 16.0 Å². The van der Waals surface area contributed by atoms with Crippen molar-refractivity contribution in [2.24, 2.45) is 5.92 Å². The minimum atomic E-state index is -0.935. The van der Waals surface area contributed by atoms with Crippen LogP contribution in [0.15, 0.2) is 22.8 Å². The van der Waals surface area contributed by atoms with E-state index in [0.29, 0.717) is 6.61 Å². The van der Waals surface area contributed by atoms with E-state index in [9.17, 15) is 4.79 Å². The Balaban J connectivity index is 2.16. The van der Waals surface area contributed by atoms with Gasteiger partial charge in [0.25, 0.3) is 0 Å². The number of carboxylic acids is 1. The molecule has 0 aliphatic heterocycles. The van der Waals surface area contributed by atoms with Crippen LogP contribution >= 0.6 is 0 Å². The molecule has 0 aliphatic carbocycles. The first-order valence-electron chi connectivity index (χ1n) is 4.50. The summed E-state index contributed by atoms with van der Waals surface area (Å²) in [6.45, 7) is 2.19. The number of hydrogen-bond donors (Lipinski definition) is 1. The third-order valence-corrected chi connectivity index (χ3v) is 1.76. The number of rotatable bonds is 6. The fourth-order valence-electron chi connectivity index (χ4n) is 1.18. The van der Waals surface area contributed by atoms with Gasteiger partial charge in [-0.2, -0.15) is 0 Å². The Morgan fingerprint density at radius 3 is 3.07 bits per heavy atom. The van der Waals surface area contributed by atoms with Crippen LogP contribution in [0.3, 0.4) is 0 Å². The third kappa shape index (κ3) is 4.09. The maximum atomic E-state index is 10.2. The first-order chi connectivity index (χ1) is 6.68. The Morgan fingerprint density at radius 2 is 2.50 bits per heavy atom. The molecule has 4 heteroatoms. The molecule has 0 amide bonds. The van der Waals surface area contributed by atoms with Crippen LogP contribution in [-0.4, -0.2) is 24.3 Å². The number of ether oxygens (including phenoxy) is 1. The molecule has 0 aliphatic rings. The summed E-state index contributed by atoms with van der Waals surface area (Å²) in [4.78, 5) is 10.2. The lowest BCUT2D eigenvalue weighted by molar-refractivity contribution is -0.142. The lowest BCUT2D eigenvalue weighted by Crippen LogP contribution is -2.13. The summed E-state index contributed by atoms with van der Waals surface area (Å²) in [5.41, 5.74) is 0. The zero-order valence-electron chi connectivity index (χ0n) is 8.10. The van der Waals surface area contributed by atoms with Gasteiger partial charge in [0, 0.05) is 6.42 Å². The zero-order valence-corrected chi connectivity index (χ0v) is 8.10. The van der Waals surface area contributed by atoms with E-state index in [4.69, 9.17) is 14.3 Å². The second kappa shape index (κ2) is 5.44. The van der Waals surface area contributed by atoms with Crippen molar-refractivity contribution in [3.8, 4) is 0 Å². The molecule has 14 heavy (non-hydrogen) atoms. The summed E-state index contributed by atoms with van der Waals surface area (Å²) in [6, 6.07) is 3.73. The highest BCUT2D eigenvalue weighted by molar-refractivity contribution is 5.67. The normalized spacial score (nSPS) is 12.6. The van der Waals surface area contributed by atoms with Gasteiger partial charge in [0.2, 0.25) is 0 Å². The van der Waals surface area contributed by atoms with E-state index in [1.807, 2.05) is 19.1 Å². The van der Waals surface area contributed by atoms with E-state index in [0.717, 1.165) is 12.2 Å². The molecule has 1 aromatic heterocycles. The molecule has 1 rings (SSSR count). The predicted molar refractivity (Wildman–Crippen MR) is 50.0 cm³/mol. The summed E-state index contributed by atoms with van der Waals surface area (Å²) >= 11 is 0. The molecule has 1 atom stereocenters. The maximum absolute atomic E-state index is 10.2. The Morgan fingerprint density at radius 1 is 1.71 bits per heavy atom. The van der Waals surface area contributed by atoms with Crippen molar-refractivity contribution in [3.63, 3.8) is 0 Å². The van der Waals surface area contributed by atoms with Crippen LogP contribution in [0, 0.1) is 5.92 Å². The minimum Gasteiger partial charge on any atom is -0.480 e. The Hall–Kier alpha value is -1.29. The van der Waals surface area contributed by atoms with Gasteiger partial charge in [-0.1, -0.05) is 6.92 Å². The lowest BCUT2D eigenvalue weighted by atomic mass is 10.1. The summed E-state index contributed by atoms with van der Waals surface area (Å²) in [7, 11) is 0. The molecular weight excluding hydrogens is 184 g/mol. The molecule has 0 saturated heterocycles. The third-order valence-electron chi connectivity index (χ3n) is 1.76. The molecule has 0 saturated carbocycles. The number of carboxylic acid groups (broad SMARTS) is 1. The molecule has 0 radical (unpaired) electrons. The summed E-state index contributed by atoms with van der Waals surface area (Å²) in [6.07, 6.45) is 2.40. The van der Waals surface area contributed by atoms with Crippen molar-refractivity contribution in [1.82, 2.24) is 0 Å². The van der Waals surface area contributed by atoms with Crippen molar-refractivity contribution in [2.45, 2.75) is 13.3 Å². The van der Waals surface area contributed by atoms with Gasteiger partial charge in [-0.05, 0) is 18.1 Å². The molecule has 0 spiro atoms. The van der Waals surface area contributed by atoms with E-state index in [1.54, 1.807) is 6.26 Å². The van der Waals surface area contributed by atoms with Gasteiger partial charge in [-0.3, -0.25) is 0 Å². The summed E-state index contributed by atoms with van der Waals surface area (Å²) in [5.74, 6) is 0.229. The van der Waals surface area contributed by atoms with Gasteiger partial charge in [-0.25, -0.2) is 4.79 Å².